The fourth-order valence-corrected chi connectivity index (χ4v) is 8.01. The Morgan fingerprint density at radius 1 is 1.17 bits per heavy atom. The third kappa shape index (κ3) is 5.24. The molecule has 0 unspecified atom stereocenters. The van der Waals surface area contributed by atoms with E-state index in [4.69, 9.17) is 4.74 Å². The minimum atomic E-state index is -4.65. The number of anilines is 2. The van der Waals surface area contributed by atoms with Gasteiger partial charge in [-0.25, -0.2) is 9.97 Å². The summed E-state index contributed by atoms with van der Waals surface area (Å²) in [5.74, 6) is 1.04. The Hall–Kier alpha value is -2.67. The number of halogens is 3. The van der Waals surface area contributed by atoms with Gasteiger partial charge in [0.2, 0.25) is 5.95 Å². The molecular weight excluding hydrogens is 571 g/mol. The van der Waals surface area contributed by atoms with Crippen molar-refractivity contribution < 1.29 is 22.7 Å². The number of hydrogen-bond donors (Lipinski definition) is 2. The Morgan fingerprint density at radius 3 is 2.68 bits per heavy atom. The van der Waals surface area contributed by atoms with Crippen molar-refractivity contribution >= 4 is 40.6 Å². The molecule has 1 aliphatic carbocycles. The van der Waals surface area contributed by atoms with E-state index < -0.39 is 11.7 Å². The van der Waals surface area contributed by atoms with Gasteiger partial charge in [0.1, 0.15) is 10.4 Å². The number of thiophene rings is 1. The number of nitrogens with one attached hydrogen (secondary N) is 2. The summed E-state index contributed by atoms with van der Waals surface area (Å²) in [5, 5.41) is 6.82. The van der Waals surface area contributed by atoms with Crippen LogP contribution in [-0.4, -0.2) is 57.9 Å². The van der Waals surface area contributed by atoms with Gasteiger partial charge in [-0.15, -0.1) is 23.1 Å². The highest BCUT2D eigenvalue weighted by Gasteiger charge is 2.39. The van der Waals surface area contributed by atoms with Crippen molar-refractivity contribution in [2.45, 2.75) is 68.2 Å². The number of aromatic nitrogens is 2. The number of nitrogens with zero attached hydrogens (tertiary/aromatic N) is 3. The molecule has 0 atom stereocenters. The minimum absolute atomic E-state index is 0.00937. The minimum Gasteiger partial charge on any atom is -0.377 e. The molecule has 216 valence electrons. The molecule has 1 amide bonds. The molecule has 0 radical (unpaired) electrons. The molecule has 1 saturated carbocycles. The summed E-state index contributed by atoms with van der Waals surface area (Å²) in [6, 6.07) is 6.03. The highest BCUT2D eigenvalue weighted by atomic mass is 32.2. The third-order valence-corrected chi connectivity index (χ3v) is 10.4. The van der Waals surface area contributed by atoms with Crippen molar-refractivity contribution in [3.05, 3.63) is 51.5 Å². The maximum Gasteiger partial charge on any atom is 0.420 e. The molecule has 2 aromatic heterocycles. The van der Waals surface area contributed by atoms with Gasteiger partial charge in [0.25, 0.3) is 5.91 Å². The van der Waals surface area contributed by atoms with Gasteiger partial charge in [-0.1, -0.05) is 6.07 Å². The molecule has 4 aliphatic rings. The first-order valence-corrected chi connectivity index (χ1v) is 15.6. The van der Waals surface area contributed by atoms with E-state index in [9.17, 15) is 18.0 Å². The predicted octanol–water partition coefficient (Wildman–Crippen LogP) is 6.22. The Morgan fingerprint density at radius 2 is 1.98 bits per heavy atom. The van der Waals surface area contributed by atoms with E-state index in [2.05, 4.69) is 46.6 Å². The van der Waals surface area contributed by atoms with Crippen molar-refractivity contribution in [1.82, 2.24) is 20.2 Å². The molecule has 7 nitrogen and oxygen atoms in total. The summed E-state index contributed by atoms with van der Waals surface area (Å²) in [5.41, 5.74) is 3.35. The van der Waals surface area contributed by atoms with Crippen LogP contribution >= 0.6 is 23.1 Å². The van der Waals surface area contributed by atoms with E-state index in [1.54, 1.807) is 11.0 Å². The lowest BCUT2D eigenvalue weighted by atomic mass is 9.85. The Kier molecular flexibility index (Phi) is 6.60. The lowest BCUT2D eigenvalue weighted by Gasteiger charge is -2.36. The van der Waals surface area contributed by atoms with Crippen LogP contribution in [0.25, 0.3) is 10.6 Å². The highest BCUT2D eigenvalue weighted by Crippen LogP contribution is 2.47. The van der Waals surface area contributed by atoms with Gasteiger partial charge in [-0.3, -0.25) is 4.79 Å². The second-order valence-electron chi connectivity index (χ2n) is 11.8. The first-order valence-electron chi connectivity index (χ1n) is 13.8. The number of hydrogen-bond acceptors (Lipinski definition) is 8. The summed E-state index contributed by atoms with van der Waals surface area (Å²) >= 11 is 2.56. The molecule has 2 N–H and O–H groups in total. The fourth-order valence-electron chi connectivity index (χ4n) is 5.69. The van der Waals surface area contributed by atoms with Crippen molar-refractivity contribution in [2.24, 2.45) is 0 Å². The monoisotopic (exact) mass is 601 g/mol. The van der Waals surface area contributed by atoms with Gasteiger partial charge >= 0.3 is 6.18 Å². The molecule has 12 heteroatoms. The number of carbonyl (C=O) groups is 1. The van der Waals surface area contributed by atoms with E-state index >= 15 is 0 Å². The van der Waals surface area contributed by atoms with Crippen LogP contribution in [0.5, 0.6) is 0 Å². The Labute approximate surface area is 244 Å². The topological polar surface area (TPSA) is 79.4 Å². The summed E-state index contributed by atoms with van der Waals surface area (Å²) in [7, 11) is 0. The third-order valence-electron chi connectivity index (χ3n) is 8.16. The Balaban J connectivity index is 1.25. The summed E-state index contributed by atoms with van der Waals surface area (Å²) in [6.07, 6.45) is -0.712. The van der Waals surface area contributed by atoms with Crippen molar-refractivity contribution in [1.29, 1.82) is 0 Å². The van der Waals surface area contributed by atoms with E-state index in [0.29, 0.717) is 46.1 Å². The first kappa shape index (κ1) is 27.2. The molecular formula is C29H30F3N5O2S2. The molecule has 3 aromatic rings. The number of carbonyl (C=O) groups excluding carboxylic acids is 1. The number of alkyl halides is 3. The van der Waals surface area contributed by atoms with Crippen LogP contribution in [0.3, 0.4) is 0 Å². The van der Waals surface area contributed by atoms with E-state index in [0.717, 1.165) is 54.6 Å². The quantitative estimate of drug-likeness (QED) is 0.360. The van der Waals surface area contributed by atoms with Gasteiger partial charge < -0.3 is 20.3 Å². The van der Waals surface area contributed by atoms with E-state index in [1.165, 1.54) is 22.9 Å². The first-order chi connectivity index (χ1) is 19.6. The fraction of sp³-hybridized carbons (Fsp3) is 0.483. The molecule has 0 spiro atoms. The number of benzene rings is 1. The van der Waals surface area contributed by atoms with Crippen LogP contribution in [0.2, 0.25) is 0 Å². The zero-order valence-electron chi connectivity index (χ0n) is 22.7. The number of thioether (sulfide) groups is 1. The lowest BCUT2D eigenvalue weighted by molar-refractivity contribution is -0.137. The molecule has 0 bridgehead atoms. The summed E-state index contributed by atoms with van der Waals surface area (Å²) < 4.78 is 47.8. The maximum atomic E-state index is 14.2. The van der Waals surface area contributed by atoms with Crippen molar-refractivity contribution in [3.63, 3.8) is 0 Å². The number of fused-ring (bicyclic) bond motifs is 2. The maximum absolute atomic E-state index is 14.2. The van der Waals surface area contributed by atoms with Gasteiger partial charge in [0, 0.05) is 41.2 Å². The van der Waals surface area contributed by atoms with Crippen molar-refractivity contribution in [3.8, 4) is 10.6 Å². The van der Waals surface area contributed by atoms with Crippen LogP contribution in [0, 0.1) is 0 Å². The Bertz CT molecular complexity index is 1530. The number of rotatable bonds is 5. The standard InChI is InChI=1S/C29H30F3N5O2S2/c1-28(2)10-16-7-19(15-3-4-15)21(8-17(16)11-34-28)35-27-33-12-20(29(30,31)32)24(36-27)22-9-23-25(41-22)26(38)37(5-6-40-23)18-13-39-14-18/h7-9,12,15,18,34H,3-6,10-11,13-14H2,1-2H3,(H,33,35,36). The van der Waals surface area contributed by atoms with Gasteiger partial charge in [0.15, 0.2) is 0 Å². The molecule has 3 aliphatic heterocycles. The normalized spacial score (nSPS) is 20.7. The predicted molar refractivity (Wildman–Crippen MR) is 153 cm³/mol. The SMILES string of the molecule is CC1(C)Cc2cc(C3CC3)c(Nc3ncc(C(F)(F)F)c(-c4cc5c(s4)C(=O)N(C4COC4)CCS5)n3)cc2CN1. The van der Waals surface area contributed by atoms with E-state index in [-0.39, 0.29) is 29.1 Å². The van der Waals surface area contributed by atoms with Gasteiger partial charge in [0.05, 0.1) is 29.8 Å². The largest absolute Gasteiger partial charge is 0.420 e. The zero-order valence-corrected chi connectivity index (χ0v) is 24.4. The zero-order chi connectivity index (χ0) is 28.5. The molecule has 41 heavy (non-hydrogen) atoms. The average Bonchev–Trinajstić information content (AvgIpc) is 3.66. The molecule has 1 aromatic carbocycles. The molecule has 2 fully saturated rings. The summed E-state index contributed by atoms with van der Waals surface area (Å²) in [6.45, 7) is 6.65. The molecule has 5 heterocycles. The van der Waals surface area contributed by atoms with Crippen LogP contribution < -0.4 is 10.6 Å². The second kappa shape index (κ2) is 9.96. The number of amides is 1. The smallest absolute Gasteiger partial charge is 0.377 e. The van der Waals surface area contributed by atoms with Crippen LogP contribution in [0.4, 0.5) is 24.8 Å². The van der Waals surface area contributed by atoms with E-state index in [1.807, 2.05) is 0 Å². The summed E-state index contributed by atoms with van der Waals surface area (Å²) in [4.78, 5) is 25.1. The number of ether oxygens (including phenoxy) is 1. The van der Waals surface area contributed by atoms with Gasteiger partial charge in [-0.2, -0.15) is 13.2 Å². The van der Waals surface area contributed by atoms with Crippen LogP contribution in [0.1, 0.15) is 64.5 Å². The van der Waals surface area contributed by atoms with Gasteiger partial charge in [-0.05, 0) is 67.9 Å². The highest BCUT2D eigenvalue weighted by molar-refractivity contribution is 7.99. The molecule has 1 saturated heterocycles. The second-order valence-corrected chi connectivity index (χ2v) is 14.0. The van der Waals surface area contributed by atoms with Crippen LogP contribution in [0.15, 0.2) is 29.3 Å². The van der Waals surface area contributed by atoms with Crippen molar-refractivity contribution in [2.75, 3.05) is 30.8 Å². The van der Waals surface area contributed by atoms with Crippen LogP contribution in [-0.2, 0) is 23.9 Å². The average molecular weight is 602 g/mol. The molecule has 7 rings (SSSR count). The lowest BCUT2D eigenvalue weighted by Crippen LogP contribution is -2.52.